The standard InChI is InChI=1S/C12H21BrN2S/c1-4-15(8-7-14-10(2)3)9-11-5-6-12(13)16-11/h5-6,10,14H,4,7-9H2,1-3H3. The van der Waals surface area contributed by atoms with E-state index >= 15 is 0 Å². The number of halogens is 1. The van der Waals surface area contributed by atoms with Crippen LogP contribution in [0.5, 0.6) is 0 Å². The lowest BCUT2D eigenvalue weighted by Gasteiger charge is -2.20. The zero-order valence-corrected chi connectivity index (χ0v) is 12.7. The predicted octanol–water partition coefficient (Wildman–Crippen LogP) is 3.33. The second-order valence-electron chi connectivity index (χ2n) is 4.18. The Morgan fingerprint density at radius 1 is 1.44 bits per heavy atom. The molecule has 2 nitrogen and oxygen atoms in total. The minimum atomic E-state index is 0.578. The van der Waals surface area contributed by atoms with Gasteiger partial charge < -0.3 is 5.32 Å². The molecule has 0 aliphatic rings. The number of nitrogens with zero attached hydrogens (tertiary/aromatic N) is 1. The highest BCUT2D eigenvalue weighted by Gasteiger charge is 2.05. The first-order valence-corrected chi connectivity index (χ1v) is 7.42. The Balaban J connectivity index is 2.31. The van der Waals surface area contributed by atoms with Crippen LogP contribution in [0.2, 0.25) is 0 Å². The van der Waals surface area contributed by atoms with Gasteiger partial charge in [0.1, 0.15) is 0 Å². The van der Waals surface area contributed by atoms with Crippen molar-refractivity contribution in [3.63, 3.8) is 0 Å². The molecule has 0 saturated heterocycles. The third-order valence-corrected chi connectivity index (χ3v) is 4.04. The summed E-state index contributed by atoms with van der Waals surface area (Å²) in [5.74, 6) is 0. The number of hydrogen-bond donors (Lipinski definition) is 1. The summed E-state index contributed by atoms with van der Waals surface area (Å²) < 4.78 is 1.22. The van der Waals surface area contributed by atoms with Crippen molar-refractivity contribution in [2.45, 2.75) is 33.4 Å². The van der Waals surface area contributed by atoms with Gasteiger partial charge in [0.25, 0.3) is 0 Å². The largest absolute Gasteiger partial charge is 0.313 e. The Morgan fingerprint density at radius 2 is 2.19 bits per heavy atom. The SMILES string of the molecule is CCN(CCNC(C)C)Cc1ccc(Br)s1. The van der Waals surface area contributed by atoms with Gasteiger partial charge in [-0.25, -0.2) is 0 Å². The average molecular weight is 305 g/mol. The van der Waals surface area contributed by atoms with E-state index in [4.69, 9.17) is 0 Å². The van der Waals surface area contributed by atoms with Crippen LogP contribution in [0.3, 0.4) is 0 Å². The van der Waals surface area contributed by atoms with Gasteiger partial charge in [0.15, 0.2) is 0 Å². The lowest BCUT2D eigenvalue weighted by Crippen LogP contribution is -2.34. The maximum absolute atomic E-state index is 3.50. The van der Waals surface area contributed by atoms with Gasteiger partial charge in [-0.3, -0.25) is 4.90 Å². The van der Waals surface area contributed by atoms with Crippen LogP contribution in [0.1, 0.15) is 25.6 Å². The summed E-state index contributed by atoms with van der Waals surface area (Å²) in [6.07, 6.45) is 0. The zero-order valence-electron chi connectivity index (χ0n) is 10.3. The molecule has 1 rings (SSSR count). The van der Waals surface area contributed by atoms with Gasteiger partial charge in [-0.2, -0.15) is 0 Å². The highest BCUT2D eigenvalue weighted by molar-refractivity contribution is 9.11. The molecule has 92 valence electrons. The van der Waals surface area contributed by atoms with Crippen LogP contribution < -0.4 is 5.32 Å². The molecule has 1 heterocycles. The molecule has 0 bridgehead atoms. The molecule has 0 amide bonds. The normalized spacial score (nSPS) is 11.6. The number of rotatable bonds is 7. The molecular weight excluding hydrogens is 284 g/mol. The number of nitrogens with one attached hydrogen (secondary N) is 1. The molecule has 0 radical (unpaired) electrons. The van der Waals surface area contributed by atoms with E-state index in [1.165, 1.54) is 8.66 Å². The average Bonchev–Trinajstić information content (AvgIpc) is 2.62. The second-order valence-corrected chi connectivity index (χ2v) is 6.73. The Kier molecular flexibility index (Phi) is 6.58. The first-order valence-electron chi connectivity index (χ1n) is 5.81. The fourth-order valence-electron chi connectivity index (χ4n) is 1.52. The van der Waals surface area contributed by atoms with Gasteiger partial charge >= 0.3 is 0 Å². The summed E-state index contributed by atoms with van der Waals surface area (Å²) in [5.41, 5.74) is 0. The maximum atomic E-state index is 3.50. The van der Waals surface area contributed by atoms with E-state index in [2.05, 4.69) is 59.1 Å². The molecule has 16 heavy (non-hydrogen) atoms. The van der Waals surface area contributed by atoms with Crippen LogP contribution in [-0.4, -0.2) is 30.6 Å². The molecule has 4 heteroatoms. The van der Waals surface area contributed by atoms with E-state index in [9.17, 15) is 0 Å². The van der Waals surface area contributed by atoms with Crippen molar-refractivity contribution in [1.29, 1.82) is 0 Å². The molecule has 0 atom stereocenters. The molecule has 1 aromatic rings. The van der Waals surface area contributed by atoms with E-state index in [0.29, 0.717) is 6.04 Å². The van der Waals surface area contributed by atoms with Crippen LogP contribution >= 0.6 is 27.3 Å². The molecule has 0 aromatic carbocycles. The van der Waals surface area contributed by atoms with Gasteiger partial charge in [0, 0.05) is 30.6 Å². The van der Waals surface area contributed by atoms with Crippen molar-refractivity contribution in [3.8, 4) is 0 Å². The first-order chi connectivity index (χ1) is 7.61. The van der Waals surface area contributed by atoms with Crippen LogP contribution in [0, 0.1) is 0 Å². The third kappa shape index (κ3) is 5.43. The molecule has 1 N–H and O–H groups in total. The summed E-state index contributed by atoms with van der Waals surface area (Å²) >= 11 is 5.33. The molecule has 1 aromatic heterocycles. The van der Waals surface area contributed by atoms with Crippen molar-refractivity contribution in [2.24, 2.45) is 0 Å². The topological polar surface area (TPSA) is 15.3 Å². The molecule has 0 saturated carbocycles. The van der Waals surface area contributed by atoms with Crippen molar-refractivity contribution in [3.05, 3.63) is 20.8 Å². The highest BCUT2D eigenvalue weighted by Crippen LogP contribution is 2.23. The summed E-state index contributed by atoms with van der Waals surface area (Å²) in [6, 6.07) is 4.91. The summed E-state index contributed by atoms with van der Waals surface area (Å²) in [5, 5.41) is 3.45. The maximum Gasteiger partial charge on any atom is 0.0701 e. The third-order valence-electron chi connectivity index (χ3n) is 2.44. The molecule has 0 aliphatic carbocycles. The minimum absolute atomic E-state index is 0.578. The Bertz CT molecular complexity index is 299. The molecular formula is C12H21BrN2S. The van der Waals surface area contributed by atoms with E-state index in [-0.39, 0.29) is 0 Å². The Labute approximate surface area is 111 Å². The second kappa shape index (κ2) is 7.43. The van der Waals surface area contributed by atoms with Crippen molar-refractivity contribution >= 4 is 27.3 Å². The van der Waals surface area contributed by atoms with Crippen LogP contribution in [0.15, 0.2) is 15.9 Å². The highest BCUT2D eigenvalue weighted by atomic mass is 79.9. The fraction of sp³-hybridized carbons (Fsp3) is 0.667. The summed E-state index contributed by atoms with van der Waals surface area (Å²) in [4.78, 5) is 3.89. The lowest BCUT2D eigenvalue weighted by atomic mass is 10.3. The Morgan fingerprint density at radius 3 is 2.69 bits per heavy atom. The van der Waals surface area contributed by atoms with E-state index in [1.54, 1.807) is 0 Å². The predicted molar refractivity (Wildman–Crippen MR) is 76.1 cm³/mol. The quantitative estimate of drug-likeness (QED) is 0.831. The Hall–Kier alpha value is 0.1000. The molecule has 0 fully saturated rings. The zero-order chi connectivity index (χ0) is 12.0. The van der Waals surface area contributed by atoms with Crippen LogP contribution in [0.4, 0.5) is 0 Å². The fourth-order valence-corrected chi connectivity index (χ4v) is 3.04. The summed E-state index contributed by atoms with van der Waals surface area (Å²) in [6.45, 7) is 10.9. The molecule has 0 spiro atoms. The lowest BCUT2D eigenvalue weighted by molar-refractivity contribution is 0.278. The van der Waals surface area contributed by atoms with Crippen molar-refractivity contribution < 1.29 is 0 Å². The van der Waals surface area contributed by atoms with E-state index < -0.39 is 0 Å². The molecule has 0 aliphatic heterocycles. The number of thiophene rings is 1. The minimum Gasteiger partial charge on any atom is -0.313 e. The van der Waals surface area contributed by atoms with Crippen LogP contribution in [0.25, 0.3) is 0 Å². The van der Waals surface area contributed by atoms with E-state index in [1.807, 2.05) is 11.3 Å². The number of likely N-dealkylation sites (N-methyl/N-ethyl adjacent to an activating group) is 1. The van der Waals surface area contributed by atoms with Crippen molar-refractivity contribution in [2.75, 3.05) is 19.6 Å². The van der Waals surface area contributed by atoms with E-state index in [0.717, 1.165) is 26.2 Å². The van der Waals surface area contributed by atoms with Gasteiger partial charge in [-0.05, 0) is 34.6 Å². The van der Waals surface area contributed by atoms with Crippen LogP contribution in [-0.2, 0) is 6.54 Å². The van der Waals surface area contributed by atoms with Gasteiger partial charge in [0.05, 0.1) is 3.79 Å². The van der Waals surface area contributed by atoms with Gasteiger partial charge in [-0.15, -0.1) is 11.3 Å². The smallest absolute Gasteiger partial charge is 0.0701 e. The number of hydrogen-bond acceptors (Lipinski definition) is 3. The monoisotopic (exact) mass is 304 g/mol. The van der Waals surface area contributed by atoms with Gasteiger partial charge in [0.2, 0.25) is 0 Å². The van der Waals surface area contributed by atoms with Crippen molar-refractivity contribution in [1.82, 2.24) is 10.2 Å². The summed E-state index contributed by atoms with van der Waals surface area (Å²) in [7, 11) is 0. The first kappa shape index (κ1) is 14.2. The van der Waals surface area contributed by atoms with Gasteiger partial charge in [-0.1, -0.05) is 20.8 Å². The molecule has 0 unspecified atom stereocenters.